The van der Waals surface area contributed by atoms with Crippen LogP contribution in [0.3, 0.4) is 0 Å². The molecule has 0 aromatic carbocycles. The Morgan fingerprint density at radius 3 is 2.80 bits per heavy atom. The molecule has 7 nitrogen and oxygen atoms in total. The summed E-state index contributed by atoms with van der Waals surface area (Å²) in [5.74, 6) is -0.444. The second-order valence-corrected chi connectivity index (χ2v) is 5.42. The second kappa shape index (κ2) is 6.71. The fourth-order valence-electron chi connectivity index (χ4n) is 1.73. The summed E-state index contributed by atoms with van der Waals surface area (Å²) in [5, 5.41) is 7.02. The first-order valence-corrected chi connectivity index (χ1v) is 6.45. The molecule has 1 aromatic heterocycles. The minimum absolute atomic E-state index is 0.0219. The zero-order valence-electron chi connectivity index (χ0n) is 11.8. The van der Waals surface area contributed by atoms with Crippen LogP contribution in [0.15, 0.2) is 11.0 Å². The van der Waals surface area contributed by atoms with Gasteiger partial charge in [-0.25, -0.2) is 4.68 Å². The molecule has 1 aromatic rings. The average Bonchev–Trinajstić information content (AvgIpc) is 2.32. The van der Waals surface area contributed by atoms with Crippen molar-refractivity contribution >= 4 is 23.2 Å². The highest BCUT2D eigenvalue weighted by atomic mass is 35.5. The van der Waals surface area contributed by atoms with E-state index >= 15 is 0 Å². The molecule has 8 heteroatoms. The summed E-state index contributed by atoms with van der Waals surface area (Å²) in [5.41, 5.74) is 4.51. The molecule has 0 saturated carbocycles. The van der Waals surface area contributed by atoms with Crippen molar-refractivity contribution in [3.63, 3.8) is 0 Å². The number of carbonyl (C=O) groups is 1. The number of hydrogen-bond acceptors (Lipinski definition) is 5. The molecule has 1 heterocycles. The van der Waals surface area contributed by atoms with Crippen LogP contribution in [0.25, 0.3) is 0 Å². The van der Waals surface area contributed by atoms with E-state index in [0.717, 1.165) is 0 Å². The van der Waals surface area contributed by atoms with Gasteiger partial charge >= 0.3 is 0 Å². The number of halogens is 1. The molecule has 3 N–H and O–H groups in total. The summed E-state index contributed by atoms with van der Waals surface area (Å²) in [6.45, 7) is 4.25. The van der Waals surface area contributed by atoms with Gasteiger partial charge in [-0.15, -0.1) is 0 Å². The Kier molecular flexibility index (Phi) is 5.52. The highest BCUT2D eigenvalue weighted by Gasteiger charge is 2.22. The fraction of sp³-hybridized carbons (Fsp3) is 0.583. The second-order valence-electron chi connectivity index (χ2n) is 5.05. The molecule has 0 radical (unpaired) electrons. The quantitative estimate of drug-likeness (QED) is 0.769. The lowest BCUT2D eigenvalue weighted by molar-refractivity contribution is -0.118. The van der Waals surface area contributed by atoms with E-state index in [0.29, 0.717) is 18.8 Å². The number of anilines is 1. The molecule has 1 amide bonds. The minimum atomic E-state index is -0.623. The lowest BCUT2D eigenvalue weighted by Gasteiger charge is -2.26. The van der Waals surface area contributed by atoms with Gasteiger partial charge in [-0.05, 0) is 13.8 Å². The maximum Gasteiger partial charge on any atom is 0.287 e. The highest BCUT2D eigenvalue weighted by molar-refractivity contribution is 6.32. The van der Waals surface area contributed by atoms with E-state index in [2.05, 4.69) is 10.4 Å². The number of ether oxygens (including phenoxy) is 1. The monoisotopic (exact) mass is 302 g/mol. The van der Waals surface area contributed by atoms with Gasteiger partial charge in [0.05, 0.1) is 25.0 Å². The maximum atomic E-state index is 12.0. The van der Waals surface area contributed by atoms with Gasteiger partial charge in [-0.2, -0.15) is 5.10 Å². The zero-order chi connectivity index (χ0) is 15.3. The standard InChI is InChI=1S/C12H19ClN4O3/c1-12(2,6-9(14)18)16-8-7-15-17(4-5-20-3)11(19)10(8)13/h7,16H,4-6H2,1-3H3,(H2,14,18). The number of methoxy groups -OCH3 is 1. The lowest BCUT2D eigenvalue weighted by Crippen LogP contribution is -2.37. The molecule has 0 unspecified atom stereocenters. The molecule has 20 heavy (non-hydrogen) atoms. The minimum Gasteiger partial charge on any atom is -0.383 e. The van der Waals surface area contributed by atoms with Crippen LogP contribution < -0.4 is 16.6 Å². The number of carbonyl (C=O) groups excluding carboxylic acids is 1. The Balaban J connectivity index is 2.95. The summed E-state index contributed by atoms with van der Waals surface area (Å²) in [6, 6.07) is 0. The number of nitrogens with one attached hydrogen (secondary N) is 1. The van der Waals surface area contributed by atoms with Gasteiger partial charge < -0.3 is 15.8 Å². The summed E-state index contributed by atoms with van der Waals surface area (Å²) in [7, 11) is 1.54. The first-order chi connectivity index (χ1) is 9.26. The molecule has 1 rings (SSSR count). The molecule has 0 fully saturated rings. The Bertz CT molecular complexity index is 542. The normalized spacial score (nSPS) is 11.4. The molecule has 0 aliphatic heterocycles. The van der Waals surface area contributed by atoms with Crippen LogP contribution in [0.5, 0.6) is 0 Å². The van der Waals surface area contributed by atoms with Gasteiger partial charge in [0.1, 0.15) is 5.02 Å². The summed E-state index contributed by atoms with van der Waals surface area (Å²) in [6.07, 6.45) is 1.55. The first-order valence-electron chi connectivity index (χ1n) is 6.08. The summed E-state index contributed by atoms with van der Waals surface area (Å²) >= 11 is 6.03. The van der Waals surface area contributed by atoms with Crippen molar-refractivity contribution in [2.75, 3.05) is 19.0 Å². The first kappa shape index (κ1) is 16.5. The largest absolute Gasteiger partial charge is 0.383 e. The van der Waals surface area contributed by atoms with Crippen LogP contribution in [0, 0.1) is 0 Å². The van der Waals surface area contributed by atoms with E-state index in [9.17, 15) is 9.59 Å². The van der Waals surface area contributed by atoms with Crippen molar-refractivity contribution < 1.29 is 9.53 Å². The van der Waals surface area contributed by atoms with Gasteiger partial charge in [0.25, 0.3) is 5.56 Å². The van der Waals surface area contributed by atoms with E-state index in [1.807, 2.05) is 0 Å². The topological polar surface area (TPSA) is 99.2 Å². The van der Waals surface area contributed by atoms with E-state index in [1.165, 1.54) is 18.0 Å². The van der Waals surface area contributed by atoms with Crippen LogP contribution in [-0.2, 0) is 16.1 Å². The fourth-order valence-corrected chi connectivity index (χ4v) is 1.93. The molecule has 0 saturated heterocycles. The van der Waals surface area contributed by atoms with Crippen LogP contribution in [-0.4, -0.2) is 34.9 Å². The van der Waals surface area contributed by atoms with Crippen molar-refractivity contribution in [1.82, 2.24) is 9.78 Å². The number of nitrogens with zero attached hydrogens (tertiary/aromatic N) is 2. The zero-order valence-corrected chi connectivity index (χ0v) is 12.5. The third-order valence-corrected chi connectivity index (χ3v) is 2.95. The van der Waals surface area contributed by atoms with E-state index in [-0.39, 0.29) is 11.4 Å². The smallest absolute Gasteiger partial charge is 0.287 e. The van der Waals surface area contributed by atoms with Crippen molar-refractivity contribution in [1.29, 1.82) is 0 Å². The van der Waals surface area contributed by atoms with Crippen LogP contribution >= 0.6 is 11.6 Å². The molecule has 0 aliphatic carbocycles. The number of rotatable bonds is 7. The third-order valence-electron chi connectivity index (χ3n) is 2.58. The number of hydrogen-bond donors (Lipinski definition) is 2. The average molecular weight is 303 g/mol. The molecule has 0 bridgehead atoms. The van der Waals surface area contributed by atoms with Gasteiger partial charge in [-0.1, -0.05) is 11.6 Å². The van der Waals surface area contributed by atoms with Crippen molar-refractivity contribution in [3.8, 4) is 0 Å². The Morgan fingerprint density at radius 1 is 1.60 bits per heavy atom. The number of nitrogens with two attached hydrogens (primary N) is 1. The Morgan fingerprint density at radius 2 is 2.25 bits per heavy atom. The number of amides is 1. The van der Waals surface area contributed by atoms with Gasteiger partial charge in [-0.3, -0.25) is 9.59 Å². The Labute approximate surface area is 122 Å². The molecular weight excluding hydrogens is 284 g/mol. The Hall–Kier alpha value is -1.60. The van der Waals surface area contributed by atoms with Crippen molar-refractivity contribution in [2.45, 2.75) is 32.4 Å². The van der Waals surface area contributed by atoms with Gasteiger partial charge in [0.2, 0.25) is 5.91 Å². The molecular formula is C12H19ClN4O3. The molecule has 0 aliphatic rings. The van der Waals surface area contributed by atoms with Crippen molar-refractivity contribution in [2.24, 2.45) is 5.73 Å². The third kappa shape index (κ3) is 4.50. The van der Waals surface area contributed by atoms with Crippen LogP contribution in [0.4, 0.5) is 5.69 Å². The van der Waals surface area contributed by atoms with E-state index in [4.69, 9.17) is 22.1 Å². The molecule has 112 valence electrons. The van der Waals surface area contributed by atoms with Crippen LogP contribution in [0.2, 0.25) is 5.02 Å². The predicted octanol–water partition coefficient (Wildman–Crippen LogP) is 0.609. The van der Waals surface area contributed by atoms with E-state index < -0.39 is 17.0 Å². The molecule has 0 spiro atoms. The number of primary amides is 1. The SMILES string of the molecule is COCCn1ncc(NC(C)(C)CC(N)=O)c(Cl)c1=O. The summed E-state index contributed by atoms with van der Waals surface area (Å²) in [4.78, 5) is 23.0. The van der Waals surface area contributed by atoms with Gasteiger partial charge in [0.15, 0.2) is 0 Å². The summed E-state index contributed by atoms with van der Waals surface area (Å²) < 4.78 is 6.11. The van der Waals surface area contributed by atoms with Crippen molar-refractivity contribution in [3.05, 3.63) is 21.6 Å². The highest BCUT2D eigenvalue weighted by Crippen LogP contribution is 2.22. The van der Waals surface area contributed by atoms with Gasteiger partial charge in [0, 0.05) is 19.1 Å². The number of aromatic nitrogens is 2. The predicted molar refractivity (Wildman–Crippen MR) is 76.9 cm³/mol. The lowest BCUT2D eigenvalue weighted by atomic mass is 10.00. The van der Waals surface area contributed by atoms with Crippen LogP contribution in [0.1, 0.15) is 20.3 Å². The maximum absolute atomic E-state index is 12.0. The van der Waals surface area contributed by atoms with E-state index in [1.54, 1.807) is 13.8 Å². The molecule has 0 atom stereocenters.